The maximum Gasteiger partial charge on any atom is 0.0462 e. The molecule has 0 aliphatic heterocycles. The van der Waals surface area contributed by atoms with Crippen LogP contribution in [0.5, 0.6) is 0 Å². The number of rotatable bonds is 7. The van der Waals surface area contributed by atoms with E-state index in [0.29, 0.717) is 0 Å². The van der Waals surface area contributed by atoms with Crippen molar-refractivity contribution < 1.29 is 4.74 Å². The fourth-order valence-electron chi connectivity index (χ4n) is 2.26. The van der Waals surface area contributed by atoms with Crippen molar-refractivity contribution in [1.82, 2.24) is 0 Å². The molecule has 18 heavy (non-hydrogen) atoms. The summed E-state index contributed by atoms with van der Waals surface area (Å²) in [6.45, 7) is 5.94. The Balaban J connectivity index is 2.51. The van der Waals surface area contributed by atoms with E-state index in [1.54, 1.807) is 7.11 Å². The summed E-state index contributed by atoms with van der Waals surface area (Å²) in [5, 5.41) is 0. The second kappa shape index (κ2) is 7.39. The van der Waals surface area contributed by atoms with Crippen molar-refractivity contribution in [3.05, 3.63) is 29.3 Å². The van der Waals surface area contributed by atoms with E-state index in [9.17, 15) is 0 Å². The first kappa shape index (κ1) is 15.0. The SMILES string of the molecule is COCCCC(N)CN(C)c1ccc(C)cc1C. The summed E-state index contributed by atoms with van der Waals surface area (Å²) in [5.74, 6) is 0. The lowest BCUT2D eigenvalue weighted by Crippen LogP contribution is -2.35. The van der Waals surface area contributed by atoms with E-state index in [4.69, 9.17) is 10.5 Å². The number of likely N-dealkylation sites (N-methyl/N-ethyl adjacent to an activating group) is 1. The molecule has 3 heteroatoms. The van der Waals surface area contributed by atoms with Crippen LogP contribution < -0.4 is 10.6 Å². The number of nitrogens with zero attached hydrogens (tertiary/aromatic N) is 1. The molecule has 102 valence electrons. The average molecular weight is 250 g/mol. The maximum atomic E-state index is 6.14. The van der Waals surface area contributed by atoms with E-state index in [1.165, 1.54) is 16.8 Å². The molecule has 0 spiro atoms. The van der Waals surface area contributed by atoms with Crippen molar-refractivity contribution in [3.63, 3.8) is 0 Å². The molecule has 1 aromatic carbocycles. The van der Waals surface area contributed by atoms with Gasteiger partial charge >= 0.3 is 0 Å². The van der Waals surface area contributed by atoms with Crippen molar-refractivity contribution in [2.24, 2.45) is 5.73 Å². The Morgan fingerprint density at radius 1 is 1.33 bits per heavy atom. The zero-order valence-electron chi connectivity index (χ0n) is 12.1. The van der Waals surface area contributed by atoms with Crippen LogP contribution in [0.2, 0.25) is 0 Å². The highest BCUT2D eigenvalue weighted by molar-refractivity contribution is 5.53. The first-order valence-corrected chi connectivity index (χ1v) is 6.57. The topological polar surface area (TPSA) is 38.5 Å². The molecule has 0 saturated heterocycles. The highest BCUT2D eigenvalue weighted by Gasteiger charge is 2.09. The van der Waals surface area contributed by atoms with Gasteiger partial charge in [-0.15, -0.1) is 0 Å². The molecule has 1 unspecified atom stereocenters. The third-order valence-corrected chi connectivity index (χ3v) is 3.20. The zero-order valence-corrected chi connectivity index (χ0v) is 12.1. The smallest absolute Gasteiger partial charge is 0.0462 e. The van der Waals surface area contributed by atoms with Crippen molar-refractivity contribution in [2.75, 3.05) is 32.2 Å². The standard InChI is InChI=1S/C15H26N2O/c1-12-7-8-15(13(2)10-12)17(3)11-14(16)6-5-9-18-4/h7-8,10,14H,5-6,9,11,16H2,1-4H3. The normalized spacial score (nSPS) is 12.5. The number of ether oxygens (including phenoxy) is 1. The van der Waals surface area contributed by atoms with Crippen molar-refractivity contribution >= 4 is 5.69 Å². The van der Waals surface area contributed by atoms with Crippen LogP contribution in [0.15, 0.2) is 18.2 Å². The highest BCUT2D eigenvalue weighted by atomic mass is 16.5. The number of hydrogen-bond acceptors (Lipinski definition) is 3. The Labute approximate surface area is 111 Å². The molecule has 0 aliphatic rings. The minimum atomic E-state index is 0.200. The van der Waals surface area contributed by atoms with Gasteiger partial charge in [-0.25, -0.2) is 0 Å². The zero-order chi connectivity index (χ0) is 13.5. The Morgan fingerprint density at radius 3 is 2.67 bits per heavy atom. The van der Waals surface area contributed by atoms with Gasteiger partial charge in [0.1, 0.15) is 0 Å². The Morgan fingerprint density at radius 2 is 2.06 bits per heavy atom. The quantitative estimate of drug-likeness (QED) is 0.756. The Kier molecular flexibility index (Phi) is 6.16. The fraction of sp³-hybridized carbons (Fsp3) is 0.600. The van der Waals surface area contributed by atoms with E-state index >= 15 is 0 Å². The number of hydrogen-bond donors (Lipinski definition) is 1. The van der Waals surface area contributed by atoms with E-state index in [1.807, 2.05) is 0 Å². The van der Waals surface area contributed by atoms with Crippen LogP contribution in [0.4, 0.5) is 5.69 Å². The molecule has 0 saturated carbocycles. The van der Waals surface area contributed by atoms with Crippen molar-refractivity contribution in [1.29, 1.82) is 0 Å². The predicted molar refractivity (Wildman–Crippen MR) is 78.3 cm³/mol. The molecule has 0 radical (unpaired) electrons. The number of benzene rings is 1. The molecule has 1 rings (SSSR count). The van der Waals surface area contributed by atoms with Crippen LogP contribution in [0.3, 0.4) is 0 Å². The molecule has 2 N–H and O–H groups in total. The number of aryl methyl sites for hydroxylation is 2. The van der Waals surface area contributed by atoms with Gasteiger partial charge < -0.3 is 15.4 Å². The summed E-state index contributed by atoms with van der Waals surface area (Å²) >= 11 is 0. The van der Waals surface area contributed by atoms with E-state index in [0.717, 1.165) is 26.0 Å². The maximum absolute atomic E-state index is 6.14. The minimum Gasteiger partial charge on any atom is -0.385 e. The van der Waals surface area contributed by atoms with Crippen LogP contribution in [-0.2, 0) is 4.74 Å². The van der Waals surface area contributed by atoms with Gasteiger partial charge in [0, 0.05) is 39.0 Å². The summed E-state index contributed by atoms with van der Waals surface area (Å²) < 4.78 is 5.04. The van der Waals surface area contributed by atoms with Gasteiger partial charge in [-0.05, 0) is 38.3 Å². The van der Waals surface area contributed by atoms with Gasteiger partial charge in [-0.2, -0.15) is 0 Å². The molecule has 0 fully saturated rings. The third-order valence-electron chi connectivity index (χ3n) is 3.20. The molecule has 1 atom stereocenters. The summed E-state index contributed by atoms with van der Waals surface area (Å²) in [6.07, 6.45) is 2.03. The fourth-order valence-corrected chi connectivity index (χ4v) is 2.26. The average Bonchev–Trinajstić information content (AvgIpc) is 2.28. The Bertz CT molecular complexity index is 366. The largest absolute Gasteiger partial charge is 0.385 e. The molecule has 0 heterocycles. The second-order valence-electron chi connectivity index (χ2n) is 5.07. The first-order valence-electron chi connectivity index (χ1n) is 6.57. The van der Waals surface area contributed by atoms with Gasteiger partial charge in [0.15, 0.2) is 0 Å². The van der Waals surface area contributed by atoms with Gasteiger partial charge in [0.25, 0.3) is 0 Å². The number of methoxy groups -OCH3 is 1. The summed E-state index contributed by atoms with van der Waals surface area (Å²) in [4.78, 5) is 2.24. The van der Waals surface area contributed by atoms with Gasteiger partial charge in [-0.3, -0.25) is 0 Å². The van der Waals surface area contributed by atoms with Crippen LogP contribution in [0, 0.1) is 13.8 Å². The lowest BCUT2D eigenvalue weighted by molar-refractivity contribution is 0.190. The predicted octanol–water partition coefficient (Wildman–Crippen LogP) is 2.49. The molecule has 0 amide bonds. The lowest BCUT2D eigenvalue weighted by atomic mass is 10.1. The van der Waals surface area contributed by atoms with Crippen LogP contribution in [0.25, 0.3) is 0 Å². The van der Waals surface area contributed by atoms with E-state index in [-0.39, 0.29) is 6.04 Å². The monoisotopic (exact) mass is 250 g/mol. The number of anilines is 1. The molecule has 0 bridgehead atoms. The summed E-state index contributed by atoms with van der Waals surface area (Å²) in [5.41, 5.74) is 10.0. The highest BCUT2D eigenvalue weighted by Crippen LogP contribution is 2.20. The summed E-state index contributed by atoms with van der Waals surface area (Å²) in [7, 11) is 3.83. The molecular weight excluding hydrogens is 224 g/mol. The molecule has 0 aliphatic carbocycles. The van der Waals surface area contributed by atoms with Crippen LogP contribution in [0.1, 0.15) is 24.0 Å². The van der Waals surface area contributed by atoms with E-state index in [2.05, 4.69) is 44.0 Å². The molecular formula is C15H26N2O. The van der Waals surface area contributed by atoms with Gasteiger partial charge in [0.2, 0.25) is 0 Å². The van der Waals surface area contributed by atoms with Gasteiger partial charge in [-0.1, -0.05) is 17.7 Å². The second-order valence-corrected chi connectivity index (χ2v) is 5.07. The Hall–Kier alpha value is -1.06. The van der Waals surface area contributed by atoms with Crippen LogP contribution >= 0.6 is 0 Å². The molecule has 3 nitrogen and oxygen atoms in total. The minimum absolute atomic E-state index is 0.200. The van der Waals surface area contributed by atoms with Crippen molar-refractivity contribution in [3.8, 4) is 0 Å². The van der Waals surface area contributed by atoms with Crippen LogP contribution in [-0.4, -0.2) is 33.4 Å². The molecule has 0 aromatic heterocycles. The summed E-state index contributed by atoms with van der Waals surface area (Å²) in [6, 6.07) is 6.73. The third kappa shape index (κ3) is 4.67. The van der Waals surface area contributed by atoms with Crippen molar-refractivity contribution in [2.45, 2.75) is 32.7 Å². The molecule has 1 aromatic rings. The first-order chi connectivity index (χ1) is 8.54. The van der Waals surface area contributed by atoms with E-state index < -0.39 is 0 Å². The van der Waals surface area contributed by atoms with Gasteiger partial charge in [0.05, 0.1) is 0 Å². The number of nitrogens with two attached hydrogens (primary N) is 1. The lowest BCUT2D eigenvalue weighted by Gasteiger charge is -2.25.